The summed E-state index contributed by atoms with van der Waals surface area (Å²) < 4.78 is 0. The number of rotatable bonds is 1. The molecule has 0 saturated heterocycles. The zero-order valence-electron chi connectivity index (χ0n) is 10.8. The van der Waals surface area contributed by atoms with Crippen molar-refractivity contribution in [2.24, 2.45) is 0 Å². The van der Waals surface area contributed by atoms with Crippen molar-refractivity contribution in [1.29, 1.82) is 0 Å². The molecular weight excluding hydrogens is 327 g/mol. The first-order chi connectivity index (χ1) is 7.93. The smallest absolute Gasteiger partial charge is 1.00 e. The Morgan fingerprint density at radius 1 is 0.706 bits per heavy atom. The summed E-state index contributed by atoms with van der Waals surface area (Å²) in [5, 5.41) is 1.18. The second kappa shape index (κ2) is 6.18. The van der Waals surface area contributed by atoms with Crippen LogP contribution in [0.2, 0.25) is 0 Å². The van der Waals surface area contributed by atoms with Crippen molar-refractivity contribution in [3.05, 3.63) is 66.7 Å². The number of nitrogens with zero attached hydrogens (tertiary/aromatic N) is 1. The molecule has 2 heteroatoms. The van der Waals surface area contributed by atoms with E-state index in [1.807, 2.05) is 36.4 Å². The number of benzene rings is 2. The molecule has 0 radical (unpaired) electrons. The topological polar surface area (TPSA) is 12.9 Å². The van der Waals surface area contributed by atoms with Crippen molar-refractivity contribution in [2.45, 2.75) is 0 Å². The largest absolute Gasteiger partial charge is 1.00 e. The van der Waals surface area contributed by atoms with Crippen molar-refractivity contribution in [3.8, 4) is 11.3 Å². The van der Waals surface area contributed by atoms with Crippen LogP contribution < -0.4 is 68.9 Å². The van der Waals surface area contributed by atoms with E-state index in [0.29, 0.717) is 0 Å². The Kier molecular flexibility index (Phi) is 4.85. The average molecular weight is 339 g/mol. The fourth-order valence-electron chi connectivity index (χ4n) is 1.84. The van der Waals surface area contributed by atoms with E-state index in [1.165, 1.54) is 5.39 Å². The van der Waals surface area contributed by atoms with E-state index in [9.17, 15) is 0 Å². The molecule has 0 aliphatic heterocycles. The monoisotopic (exact) mass is 339 g/mol. The first-order valence-electron chi connectivity index (χ1n) is 5.35. The minimum absolute atomic E-state index is 0. The Balaban J connectivity index is 0.000000810. The number of hydrogen-bond donors (Lipinski definition) is 0. The van der Waals surface area contributed by atoms with Gasteiger partial charge in [-0.05, 0) is 12.1 Å². The number of para-hydroxylation sites is 1. The van der Waals surface area contributed by atoms with E-state index in [0.717, 1.165) is 16.8 Å². The molecule has 0 atom stereocenters. The molecule has 17 heavy (non-hydrogen) atoms. The van der Waals surface area contributed by atoms with Gasteiger partial charge >= 0.3 is 68.9 Å². The zero-order chi connectivity index (χ0) is 10.8. The summed E-state index contributed by atoms with van der Waals surface area (Å²) in [4.78, 5) is 4.65. The second-order valence-electron chi connectivity index (χ2n) is 3.76. The van der Waals surface area contributed by atoms with Crippen molar-refractivity contribution in [3.63, 3.8) is 0 Å². The predicted octanol–water partition coefficient (Wildman–Crippen LogP) is 1.02. The molecule has 1 aromatic heterocycles. The third-order valence-corrected chi connectivity index (χ3v) is 2.67. The van der Waals surface area contributed by atoms with Gasteiger partial charge in [-0.3, -0.25) is 0 Å². The normalized spacial score (nSPS) is 9.88. The third-order valence-electron chi connectivity index (χ3n) is 2.67. The van der Waals surface area contributed by atoms with E-state index < -0.39 is 0 Å². The first kappa shape index (κ1) is 13.3. The summed E-state index contributed by atoms with van der Waals surface area (Å²) >= 11 is 0. The molecule has 0 unspecified atom stereocenters. The fraction of sp³-hybridized carbons (Fsp3) is 0. The van der Waals surface area contributed by atoms with Gasteiger partial charge in [-0.1, -0.05) is 54.6 Å². The summed E-state index contributed by atoms with van der Waals surface area (Å²) in [7, 11) is 0. The zero-order valence-corrected chi connectivity index (χ0v) is 16.1. The van der Waals surface area contributed by atoms with Crippen LogP contribution in [0.15, 0.2) is 66.7 Å². The van der Waals surface area contributed by atoms with Crippen molar-refractivity contribution < 1.29 is 70.3 Å². The summed E-state index contributed by atoms with van der Waals surface area (Å²) in [5.41, 5.74) is 3.23. The Labute approximate surface area is 161 Å². The van der Waals surface area contributed by atoms with Crippen LogP contribution in [-0.2, 0) is 0 Å². The van der Waals surface area contributed by atoms with Crippen LogP contribution in [0.3, 0.4) is 0 Å². The van der Waals surface area contributed by atoms with Gasteiger partial charge in [0.2, 0.25) is 0 Å². The number of hydrogen-bond acceptors (Lipinski definition) is 1. The van der Waals surface area contributed by atoms with Crippen LogP contribution in [-0.4, -0.2) is 4.98 Å². The quantitative estimate of drug-likeness (QED) is 0.645. The first-order valence-corrected chi connectivity index (χ1v) is 5.35. The Morgan fingerprint density at radius 3 is 2.24 bits per heavy atom. The van der Waals surface area contributed by atoms with Gasteiger partial charge in [-0.15, -0.1) is 0 Å². The molecule has 0 fully saturated rings. The molecule has 0 amide bonds. The number of aromatic nitrogens is 1. The Hall–Kier alpha value is -0.0981. The molecule has 0 N–H and O–H groups in total. The summed E-state index contributed by atoms with van der Waals surface area (Å²) in [6.45, 7) is 0. The van der Waals surface area contributed by atoms with Gasteiger partial charge in [0.1, 0.15) is 0 Å². The van der Waals surface area contributed by atoms with Crippen LogP contribution in [0.4, 0.5) is 0 Å². The van der Waals surface area contributed by atoms with E-state index in [4.69, 9.17) is 0 Å². The van der Waals surface area contributed by atoms with Gasteiger partial charge in [-0.25, -0.2) is 4.98 Å². The van der Waals surface area contributed by atoms with E-state index in [2.05, 4.69) is 35.3 Å². The Morgan fingerprint density at radius 2 is 1.41 bits per heavy atom. The maximum atomic E-state index is 4.65. The van der Waals surface area contributed by atoms with Gasteiger partial charge in [0, 0.05) is 10.9 Å². The van der Waals surface area contributed by atoms with Gasteiger partial charge in [0.25, 0.3) is 0 Å². The molecule has 0 saturated carbocycles. The van der Waals surface area contributed by atoms with E-state index in [1.54, 1.807) is 0 Å². The maximum Gasteiger partial charge on any atom is 1.00 e. The van der Waals surface area contributed by atoms with Crippen molar-refractivity contribution >= 4 is 10.9 Å². The molecule has 1 heterocycles. The average Bonchev–Trinajstić information content (AvgIpc) is 2.39. The SMILES string of the molecule is [Cs+].[H-].c1ccc(-c2ccc3ccccc3n2)cc1. The van der Waals surface area contributed by atoms with Crippen LogP contribution >= 0.6 is 0 Å². The fourth-order valence-corrected chi connectivity index (χ4v) is 1.84. The van der Waals surface area contributed by atoms with Crippen molar-refractivity contribution in [1.82, 2.24) is 4.98 Å². The van der Waals surface area contributed by atoms with Gasteiger partial charge in [0.15, 0.2) is 0 Å². The molecule has 3 aromatic rings. The van der Waals surface area contributed by atoms with E-state index in [-0.39, 0.29) is 70.3 Å². The van der Waals surface area contributed by atoms with Crippen LogP contribution in [0.5, 0.6) is 0 Å². The number of pyridine rings is 1. The summed E-state index contributed by atoms with van der Waals surface area (Å²) in [6.07, 6.45) is 0. The predicted molar refractivity (Wildman–Crippen MR) is 68.3 cm³/mol. The molecule has 78 valence electrons. The third kappa shape index (κ3) is 3.02. The van der Waals surface area contributed by atoms with Crippen molar-refractivity contribution in [2.75, 3.05) is 0 Å². The van der Waals surface area contributed by atoms with E-state index >= 15 is 0 Å². The Bertz CT molecular complexity index is 625. The molecule has 2 aromatic carbocycles. The minimum atomic E-state index is 0. The van der Waals surface area contributed by atoms with Gasteiger partial charge < -0.3 is 1.43 Å². The summed E-state index contributed by atoms with van der Waals surface area (Å²) in [6, 6.07) is 22.6. The molecule has 3 rings (SSSR count). The maximum absolute atomic E-state index is 4.65. The molecule has 0 aliphatic carbocycles. The van der Waals surface area contributed by atoms with Gasteiger partial charge in [0.05, 0.1) is 11.2 Å². The molecule has 1 nitrogen and oxygen atoms in total. The van der Waals surface area contributed by atoms with Crippen LogP contribution in [0, 0.1) is 0 Å². The number of fused-ring (bicyclic) bond motifs is 1. The summed E-state index contributed by atoms with van der Waals surface area (Å²) in [5.74, 6) is 0. The van der Waals surface area contributed by atoms with Gasteiger partial charge in [-0.2, -0.15) is 0 Å². The molecular formula is C15H12CsN. The molecule has 0 aliphatic rings. The standard InChI is InChI=1S/C15H11N.Cs.H/c1-2-6-12(7-3-1)15-11-10-13-8-4-5-9-14(13)16-15;;/h1-11H;;/q;+1;-1. The van der Waals surface area contributed by atoms with Crippen LogP contribution in [0.1, 0.15) is 1.43 Å². The second-order valence-corrected chi connectivity index (χ2v) is 3.76. The minimum Gasteiger partial charge on any atom is -1.00 e. The van der Waals surface area contributed by atoms with Crippen LogP contribution in [0.25, 0.3) is 22.2 Å². The molecule has 0 bridgehead atoms. The molecule has 0 spiro atoms.